The standard InChI is InChI=1S/C20H17N3O4S/c24-18(22-23-20(28)21-19(25)17-7-4-12-26-17)13-27-16-10-8-15(9-11-16)14-5-2-1-3-6-14/h1-12H,13H2,(H,22,24)(H2,21,23,25,28). The molecule has 0 spiro atoms. The smallest absolute Gasteiger partial charge is 0.293 e. The lowest BCUT2D eigenvalue weighted by Gasteiger charge is -2.11. The summed E-state index contributed by atoms with van der Waals surface area (Å²) < 4.78 is 10.4. The van der Waals surface area contributed by atoms with E-state index in [1.165, 1.54) is 12.3 Å². The van der Waals surface area contributed by atoms with E-state index in [0.29, 0.717) is 5.75 Å². The van der Waals surface area contributed by atoms with Gasteiger partial charge in [0.25, 0.3) is 11.8 Å². The van der Waals surface area contributed by atoms with E-state index in [4.69, 9.17) is 21.4 Å². The topological polar surface area (TPSA) is 92.6 Å². The van der Waals surface area contributed by atoms with E-state index in [1.807, 2.05) is 42.5 Å². The van der Waals surface area contributed by atoms with E-state index in [1.54, 1.807) is 18.2 Å². The molecule has 8 heteroatoms. The number of benzene rings is 2. The van der Waals surface area contributed by atoms with E-state index >= 15 is 0 Å². The minimum Gasteiger partial charge on any atom is -0.484 e. The van der Waals surface area contributed by atoms with Gasteiger partial charge in [0.1, 0.15) is 5.75 Å². The first-order valence-electron chi connectivity index (χ1n) is 8.34. The summed E-state index contributed by atoms with van der Waals surface area (Å²) in [6.45, 7) is -0.216. The number of hydrazine groups is 1. The second kappa shape index (κ2) is 9.33. The van der Waals surface area contributed by atoms with Crippen molar-refractivity contribution in [1.29, 1.82) is 0 Å². The third kappa shape index (κ3) is 5.42. The van der Waals surface area contributed by atoms with Gasteiger partial charge < -0.3 is 9.15 Å². The number of amides is 2. The summed E-state index contributed by atoms with van der Waals surface area (Å²) in [5.41, 5.74) is 6.91. The predicted molar refractivity (Wildman–Crippen MR) is 107 cm³/mol. The fourth-order valence-electron chi connectivity index (χ4n) is 2.29. The van der Waals surface area contributed by atoms with E-state index in [2.05, 4.69) is 16.2 Å². The molecule has 0 radical (unpaired) electrons. The summed E-state index contributed by atoms with van der Waals surface area (Å²) in [7, 11) is 0. The van der Waals surface area contributed by atoms with Crippen LogP contribution in [0, 0.1) is 0 Å². The van der Waals surface area contributed by atoms with Crippen LogP contribution in [0.5, 0.6) is 5.75 Å². The molecule has 1 heterocycles. The largest absolute Gasteiger partial charge is 0.484 e. The van der Waals surface area contributed by atoms with Gasteiger partial charge in [0.2, 0.25) is 0 Å². The number of hydrogen-bond acceptors (Lipinski definition) is 5. The lowest BCUT2D eigenvalue weighted by atomic mass is 10.1. The Bertz CT molecular complexity index is 941. The van der Waals surface area contributed by atoms with Crippen LogP contribution in [0.15, 0.2) is 77.4 Å². The fraction of sp³-hybridized carbons (Fsp3) is 0.0500. The van der Waals surface area contributed by atoms with Crippen molar-refractivity contribution in [2.45, 2.75) is 0 Å². The molecular formula is C20H17N3O4S. The van der Waals surface area contributed by atoms with Crippen molar-refractivity contribution in [2.75, 3.05) is 6.61 Å². The van der Waals surface area contributed by atoms with Crippen LogP contribution in [0.1, 0.15) is 10.6 Å². The van der Waals surface area contributed by atoms with Crippen molar-refractivity contribution in [3.8, 4) is 16.9 Å². The highest BCUT2D eigenvalue weighted by molar-refractivity contribution is 7.80. The monoisotopic (exact) mass is 395 g/mol. The van der Waals surface area contributed by atoms with Crippen molar-refractivity contribution in [2.24, 2.45) is 0 Å². The van der Waals surface area contributed by atoms with Gasteiger partial charge in [-0.05, 0) is 47.6 Å². The first-order chi connectivity index (χ1) is 13.6. The number of carbonyl (C=O) groups excluding carboxylic acids is 2. The normalized spacial score (nSPS) is 10.0. The third-order valence-electron chi connectivity index (χ3n) is 3.62. The average molecular weight is 395 g/mol. The quantitative estimate of drug-likeness (QED) is 0.454. The minimum atomic E-state index is -0.522. The number of hydrogen-bond donors (Lipinski definition) is 3. The van der Waals surface area contributed by atoms with Crippen molar-refractivity contribution < 1.29 is 18.7 Å². The van der Waals surface area contributed by atoms with Crippen LogP contribution in [0.3, 0.4) is 0 Å². The summed E-state index contributed by atoms with van der Waals surface area (Å²) in [5, 5.41) is 2.30. The lowest BCUT2D eigenvalue weighted by Crippen LogP contribution is -2.49. The van der Waals surface area contributed by atoms with Crippen molar-refractivity contribution >= 4 is 29.1 Å². The summed E-state index contributed by atoms with van der Waals surface area (Å²) >= 11 is 4.92. The van der Waals surface area contributed by atoms with E-state index in [9.17, 15) is 9.59 Å². The van der Waals surface area contributed by atoms with Crippen LogP contribution in [0.4, 0.5) is 0 Å². The van der Waals surface area contributed by atoms with Crippen LogP contribution in [0.25, 0.3) is 11.1 Å². The predicted octanol–water partition coefficient (Wildman–Crippen LogP) is 2.66. The zero-order chi connectivity index (χ0) is 19.8. The summed E-state index contributed by atoms with van der Waals surface area (Å²) in [5.74, 6) is -0.311. The number of carbonyl (C=O) groups is 2. The van der Waals surface area contributed by atoms with Crippen molar-refractivity contribution in [3.63, 3.8) is 0 Å². The maximum atomic E-state index is 11.8. The van der Waals surface area contributed by atoms with Crippen molar-refractivity contribution in [3.05, 3.63) is 78.8 Å². The average Bonchev–Trinajstić information content (AvgIpc) is 3.27. The highest BCUT2D eigenvalue weighted by Gasteiger charge is 2.11. The Morgan fingerprint density at radius 3 is 2.29 bits per heavy atom. The van der Waals surface area contributed by atoms with Crippen molar-refractivity contribution in [1.82, 2.24) is 16.2 Å². The number of ether oxygens (including phenoxy) is 1. The van der Waals surface area contributed by atoms with Crippen LogP contribution in [-0.2, 0) is 4.79 Å². The highest BCUT2D eigenvalue weighted by atomic mass is 32.1. The summed E-state index contributed by atoms with van der Waals surface area (Å²) in [6.07, 6.45) is 1.37. The van der Waals surface area contributed by atoms with E-state index < -0.39 is 11.8 Å². The van der Waals surface area contributed by atoms with Crippen LogP contribution >= 0.6 is 12.2 Å². The molecule has 0 aliphatic rings. The Labute approximate surface area is 166 Å². The molecule has 142 valence electrons. The van der Waals surface area contributed by atoms with Gasteiger partial charge in [-0.2, -0.15) is 0 Å². The molecule has 0 bridgehead atoms. The number of rotatable bonds is 5. The highest BCUT2D eigenvalue weighted by Crippen LogP contribution is 2.21. The Morgan fingerprint density at radius 1 is 0.893 bits per heavy atom. The molecule has 3 N–H and O–H groups in total. The maximum absolute atomic E-state index is 11.8. The van der Waals surface area contributed by atoms with Crippen LogP contribution < -0.4 is 20.9 Å². The van der Waals surface area contributed by atoms with Crippen LogP contribution in [0.2, 0.25) is 0 Å². The molecule has 0 fully saturated rings. The van der Waals surface area contributed by atoms with Gasteiger partial charge in [-0.3, -0.25) is 25.8 Å². The van der Waals surface area contributed by atoms with Gasteiger partial charge in [0.05, 0.1) is 6.26 Å². The molecule has 0 unspecified atom stereocenters. The SMILES string of the molecule is O=C(COc1ccc(-c2ccccc2)cc1)NNC(=S)NC(=O)c1ccco1. The Kier molecular flexibility index (Phi) is 6.37. The zero-order valence-electron chi connectivity index (χ0n) is 14.7. The molecular weight excluding hydrogens is 378 g/mol. The first-order valence-corrected chi connectivity index (χ1v) is 8.74. The van der Waals surface area contributed by atoms with E-state index in [0.717, 1.165) is 11.1 Å². The Balaban J connectivity index is 1.40. The number of nitrogens with one attached hydrogen (secondary N) is 3. The summed E-state index contributed by atoms with van der Waals surface area (Å²) in [6, 6.07) is 20.4. The molecule has 0 aliphatic heterocycles. The molecule has 0 atom stereocenters. The van der Waals surface area contributed by atoms with Gasteiger partial charge in [0, 0.05) is 0 Å². The molecule has 3 rings (SSSR count). The molecule has 2 aromatic carbocycles. The van der Waals surface area contributed by atoms with Gasteiger partial charge in [0.15, 0.2) is 17.5 Å². The Hall–Kier alpha value is -3.65. The van der Waals surface area contributed by atoms with Crippen LogP contribution in [-0.4, -0.2) is 23.5 Å². The molecule has 2 amide bonds. The number of furan rings is 1. The molecule has 0 saturated carbocycles. The van der Waals surface area contributed by atoms with Gasteiger partial charge in [-0.15, -0.1) is 0 Å². The Morgan fingerprint density at radius 2 is 1.61 bits per heavy atom. The molecule has 3 aromatic rings. The van der Waals surface area contributed by atoms with Gasteiger partial charge in [-0.1, -0.05) is 42.5 Å². The summed E-state index contributed by atoms with van der Waals surface area (Å²) in [4.78, 5) is 23.6. The van der Waals surface area contributed by atoms with Gasteiger partial charge in [-0.25, -0.2) is 0 Å². The number of thiocarbonyl (C=S) groups is 1. The zero-order valence-corrected chi connectivity index (χ0v) is 15.5. The molecule has 28 heavy (non-hydrogen) atoms. The maximum Gasteiger partial charge on any atom is 0.293 e. The minimum absolute atomic E-state index is 0.0676. The third-order valence-corrected chi connectivity index (χ3v) is 3.82. The van der Waals surface area contributed by atoms with E-state index in [-0.39, 0.29) is 17.5 Å². The molecule has 0 saturated heterocycles. The second-order valence-electron chi connectivity index (χ2n) is 5.61. The molecule has 1 aromatic heterocycles. The molecule has 7 nitrogen and oxygen atoms in total. The lowest BCUT2D eigenvalue weighted by molar-refractivity contribution is -0.123. The molecule has 0 aliphatic carbocycles. The fourth-order valence-corrected chi connectivity index (χ4v) is 2.43. The second-order valence-corrected chi connectivity index (χ2v) is 6.02. The van der Waals surface area contributed by atoms with Gasteiger partial charge >= 0.3 is 0 Å². The first kappa shape index (κ1) is 19.1.